The molecule has 0 radical (unpaired) electrons. The number of nitrogens with one attached hydrogen (secondary N) is 1. The van der Waals surface area contributed by atoms with Crippen molar-refractivity contribution in [3.05, 3.63) is 60.2 Å². The molecule has 0 unspecified atom stereocenters. The number of rotatable bonds is 7. The highest BCUT2D eigenvalue weighted by Crippen LogP contribution is 2.23. The zero-order valence-corrected chi connectivity index (χ0v) is 13.1. The molecule has 0 fully saturated rings. The van der Waals surface area contributed by atoms with Crippen LogP contribution in [0.25, 0.3) is 0 Å². The minimum atomic E-state index is -0.0325. The van der Waals surface area contributed by atoms with Crippen LogP contribution in [0.2, 0.25) is 0 Å². The van der Waals surface area contributed by atoms with Crippen LogP contribution >= 0.6 is 0 Å². The van der Waals surface area contributed by atoms with Gasteiger partial charge in [0, 0.05) is 5.56 Å². The summed E-state index contributed by atoms with van der Waals surface area (Å²) in [6.45, 7) is 4.96. The average Bonchev–Trinajstić information content (AvgIpc) is 2.55. The Kier molecular flexibility index (Phi) is 5.98. The maximum Gasteiger partial charge on any atom is 0.279 e. The minimum absolute atomic E-state index is 0.0325. The van der Waals surface area contributed by atoms with Gasteiger partial charge in [0.15, 0.2) is 6.54 Å². The van der Waals surface area contributed by atoms with Gasteiger partial charge in [-0.25, -0.2) is 0 Å². The van der Waals surface area contributed by atoms with Gasteiger partial charge in [-0.1, -0.05) is 42.5 Å². The molecule has 22 heavy (non-hydrogen) atoms. The second-order valence-electron chi connectivity index (χ2n) is 5.12. The van der Waals surface area contributed by atoms with Crippen LogP contribution in [0.1, 0.15) is 25.5 Å². The normalized spacial score (nSPS) is 11.7. The molecular weight excluding hydrogens is 276 g/mol. The van der Waals surface area contributed by atoms with Crippen molar-refractivity contribution in [1.29, 1.82) is 0 Å². The van der Waals surface area contributed by atoms with Crippen LogP contribution in [-0.4, -0.2) is 19.1 Å². The maximum atomic E-state index is 12.1. The standard InChI is InChI=1S/C18H22N2O2/c1-3-22-17-12-8-7-11-16(17)20-18(21)13-19-14(2)15-9-5-4-6-10-15/h4-12,14,19H,3,13H2,1-2H3,(H,20,21)/p+1/t14-/m1/s1. The number of carbonyl (C=O) groups excluding carboxylic acids is 1. The number of amides is 1. The van der Waals surface area contributed by atoms with Crippen molar-refractivity contribution in [3.63, 3.8) is 0 Å². The Morgan fingerprint density at radius 1 is 1.14 bits per heavy atom. The van der Waals surface area contributed by atoms with E-state index in [2.05, 4.69) is 24.4 Å². The van der Waals surface area contributed by atoms with Gasteiger partial charge in [-0.2, -0.15) is 0 Å². The number of ether oxygens (including phenoxy) is 1. The highest BCUT2D eigenvalue weighted by atomic mass is 16.5. The molecule has 0 bridgehead atoms. The summed E-state index contributed by atoms with van der Waals surface area (Å²) in [7, 11) is 0. The molecule has 0 heterocycles. The van der Waals surface area contributed by atoms with E-state index in [1.165, 1.54) is 5.56 Å². The van der Waals surface area contributed by atoms with E-state index >= 15 is 0 Å². The second-order valence-corrected chi connectivity index (χ2v) is 5.12. The van der Waals surface area contributed by atoms with Crippen molar-refractivity contribution < 1.29 is 14.8 Å². The largest absolute Gasteiger partial charge is 0.492 e. The van der Waals surface area contributed by atoms with E-state index < -0.39 is 0 Å². The third kappa shape index (κ3) is 4.60. The molecule has 2 aromatic rings. The first-order valence-corrected chi connectivity index (χ1v) is 7.60. The van der Waals surface area contributed by atoms with Gasteiger partial charge >= 0.3 is 0 Å². The first-order valence-electron chi connectivity index (χ1n) is 7.60. The molecule has 2 aromatic carbocycles. The predicted octanol–water partition coefficient (Wildman–Crippen LogP) is 2.35. The van der Waals surface area contributed by atoms with Gasteiger partial charge in [-0.05, 0) is 26.0 Å². The van der Waals surface area contributed by atoms with E-state index in [0.29, 0.717) is 18.9 Å². The second kappa shape index (κ2) is 8.20. The van der Waals surface area contributed by atoms with E-state index in [9.17, 15) is 4.79 Å². The number of hydrogen-bond donors (Lipinski definition) is 2. The summed E-state index contributed by atoms with van der Waals surface area (Å²) in [5.41, 5.74) is 1.93. The summed E-state index contributed by atoms with van der Waals surface area (Å²) in [5, 5.41) is 4.93. The Balaban J connectivity index is 1.88. The zero-order chi connectivity index (χ0) is 15.8. The molecule has 4 heteroatoms. The highest BCUT2D eigenvalue weighted by Gasteiger charge is 2.12. The fraction of sp³-hybridized carbons (Fsp3) is 0.278. The van der Waals surface area contributed by atoms with Crippen LogP contribution in [0.5, 0.6) is 5.75 Å². The summed E-state index contributed by atoms with van der Waals surface area (Å²) < 4.78 is 5.51. The Bertz CT molecular complexity index is 599. The summed E-state index contributed by atoms with van der Waals surface area (Å²) in [6, 6.07) is 17.9. The molecule has 3 N–H and O–H groups in total. The van der Waals surface area contributed by atoms with Gasteiger partial charge in [-0.15, -0.1) is 0 Å². The van der Waals surface area contributed by atoms with E-state index in [1.807, 2.05) is 54.7 Å². The smallest absolute Gasteiger partial charge is 0.279 e. The predicted molar refractivity (Wildman–Crippen MR) is 87.9 cm³/mol. The van der Waals surface area contributed by atoms with Crippen molar-refractivity contribution >= 4 is 11.6 Å². The molecule has 116 valence electrons. The Morgan fingerprint density at radius 2 is 1.82 bits per heavy atom. The number of quaternary nitrogens is 1. The third-order valence-electron chi connectivity index (χ3n) is 3.44. The van der Waals surface area contributed by atoms with Crippen molar-refractivity contribution in [2.75, 3.05) is 18.5 Å². The van der Waals surface area contributed by atoms with E-state index in [-0.39, 0.29) is 11.9 Å². The van der Waals surface area contributed by atoms with E-state index in [4.69, 9.17) is 4.74 Å². The Hall–Kier alpha value is -2.33. The molecule has 0 saturated heterocycles. The first-order chi connectivity index (χ1) is 10.7. The molecule has 2 rings (SSSR count). The fourth-order valence-electron chi connectivity index (χ4n) is 2.23. The lowest BCUT2D eigenvalue weighted by molar-refractivity contribution is -0.682. The lowest BCUT2D eigenvalue weighted by Gasteiger charge is -2.13. The van der Waals surface area contributed by atoms with Crippen LogP contribution in [0, 0.1) is 0 Å². The number of nitrogens with two attached hydrogens (primary N) is 1. The van der Waals surface area contributed by atoms with E-state index in [0.717, 1.165) is 5.69 Å². The summed E-state index contributed by atoms with van der Waals surface area (Å²) in [6.07, 6.45) is 0. The summed E-state index contributed by atoms with van der Waals surface area (Å²) in [4.78, 5) is 12.1. The topological polar surface area (TPSA) is 54.9 Å². The molecule has 0 aliphatic heterocycles. The van der Waals surface area contributed by atoms with Crippen molar-refractivity contribution in [3.8, 4) is 5.75 Å². The molecule has 1 amide bonds. The fourth-order valence-corrected chi connectivity index (χ4v) is 2.23. The minimum Gasteiger partial charge on any atom is -0.492 e. The number of benzene rings is 2. The van der Waals surface area contributed by atoms with Gasteiger partial charge in [0.1, 0.15) is 11.8 Å². The van der Waals surface area contributed by atoms with Crippen molar-refractivity contribution in [1.82, 2.24) is 0 Å². The lowest BCUT2D eigenvalue weighted by atomic mass is 10.1. The summed E-state index contributed by atoms with van der Waals surface area (Å²) in [5.74, 6) is 0.671. The van der Waals surface area contributed by atoms with Crippen LogP contribution in [0.4, 0.5) is 5.69 Å². The molecule has 4 nitrogen and oxygen atoms in total. The molecule has 0 aliphatic carbocycles. The van der Waals surface area contributed by atoms with Crippen LogP contribution in [0.15, 0.2) is 54.6 Å². The maximum absolute atomic E-state index is 12.1. The van der Waals surface area contributed by atoms with Gasteiger partial charge in [0.25, 0.3) is 5.91 Å². The summed E-state index contributed by atoms with van der Waals surface area (Å²) >= 11 is 0. The molecule has 0 aliphatic rings. The molecule has 0 aromatic heterocycles. The van der Waals surface area contributed by atoms with Crippen LogP contribution in [-0.2, 0) is 4.79 Å². The van der Waals surface area contributed by atoms with Crippen molar-refractivity contribution in [2.45, 2.75) is 19.9 Å². The number of carbonyl (C=O) groups is 1. The Morgan fingerprint density at radius 3 is 2.55 bits per heavy atom. The van der Waals surface area contributed by atoms with Gasteiger partial charge in [0.05, 0.1) is 12.3 Å². The third-order valence-corrected chi connectivity index (χ3v) is 3.44. The molecule has 0 spiro atoms. The first kappa shape index (κ1) is 16.0. The quantitative estimate of drug-likeness (QED) is 0.824. The SMILES string of the molecule is CCOc1ccccc1NC(=O)C[NH2+][C@H](C)c1ccccc1. The molecular formula is C18H23N2O2+. The highest BCUT2D eigenvalue weighted by molar-refractivity contribution is 5.92. The number of para-hydroxylation sites is 2. The van der Waals surface area contributed by atoms with Crippen LogP contribution in [0.3, 0.4) is 0 Å². The lowest BCUT2D eigenvalue weighted by Crippen LogP contribution is -2.86. The number of anilines is 1. The molecule has 1 atom stereocenters. The molecule has 0 saturated carbocycles. The average molecular weight is 299 g/mol. The number of hydrogen-bond acceptors (Lipinski definition) is 2. The van der Waals surface area contributed by atoms with Crippen LogP contribution < -0.4 is 15.4 Å². The van der Waals surface area contributed by atoms with Gasteiger partial charge in [0.2, 0.25) is 0 Å². The van der Waals surface area contributed by atoms with Crippen molar-refractivity contribution in [2.24, 2.45) is 0 Å². The Labute approximate surface area is 131 Å². The van der Waals surface area contributed by atoms with E-state index in [1.54, 1.807) is 0 Å². The monoisotopic (exact) mass is 299 g/mol. The van der Waals surface area contributed by atoms with Gasteiger partial charge in [-0.3, -0.25) is 4.79 Å². The zero-order valence-electron chi connectivity index (χ0n) is 13.1. The van der Waals surface area contributed by atoms with Gasteiger partial charge < -0.3 is 15.4 Å².